The average Bonchev–Trinajstić information content (AvgIpc) is 3.01. The predicted octanol–water partition coefficient (Wildman–Crippen LogP) is 5.19. The molecule has 140 valence electrons. The van der Waals surface area contributed by atoms with Gasteiger partial charge in [0.2, 0.25) is 5.91 Å². The molecule has 27 heavy (non-hydrogen) atoms. The molecule has 5 nitrogen and oxygen atoms in total. The number of amides is 1. The number of anilines is 1. The van der Waals surface area contributed by atoms with Gasteiger partial charge in [-0.05, 0) is 50.1 Å². The van der Waals surface area contributed by atoms with Crippen molar-refractivity contribution in [1.82, 2.24) is 0 Å². The number of para-hydroxylation sites is 2. The highest BCUT2D eigenvalue weighted by Gasteiger charge is 2.13. The molecule has 1 heterocycles. The molecule has 0 radical (unpaired) electrons. The van der Waals surface area contributed by atoms with Gasteiger partial charge in [0.1, 0.15) is 17.1 Å². The van der Waals surface area contributed by atoms with E-state index in [-0.39, 0.29) is 5.91 Å². The fourth-order valence-corrected chi connectivity index (χ4v) is 2.96. The van der Waals surface area contributed by atoms with E-state index in [1.54, 1.807) is 31.6 Å². The highest BCUT2D eigenvalue weighted by atomic mass is 16.5. The highest BCUT2D eigenvalue weighted by Crippen LogP contribution is 2.33. The monoisotopic (exact) mass is 365 g/mol. The molecule has 0 fully saturated rings. The number of carbonyl (C=O) groups excluding carboxylic acids is 1. The Morgan fingerprint density at radius 3 is 2.74 bits per heavy atom. The number of benzene rings is 2. The Kier molecular flexibility index (Phi) is 5.50. The minimum atomic E-state index is -0.233. The third-order valence-electron chi connectivity index (χ3n) is 4.31. The van der Waals surface area contributed by atoms with Crippen LogP contribution < -0.4 is 14.8 Å². The Labute approximate surface area is 158 Å². The first kappa shape index (κ1) is 18.6. The van der Waals surface area contributed by atoms with Crippen molar-refractivity contribution in [2.24, 2.45) is 0 Å². The minimum Gasteiger partial charge on any atom is -0.495 e. The van der Waals surface area contributed by atoms with Crippen LogP contribution in [0.1, 0.15) is 25.0 Å². The number of nitrogens with one attached hydrogen (secondary N) is 1. The zero-order chi connectivity index (χ0) is 19.4. The number of carbonyl (C=O) groups is 1. The standard InChI is InChI=1S/C22H23NO4/c1-5-26-20-12-21-17(15(3)13-27-21)11-16(20)14(2)10-22(24)23-18-8-6-7-9-19(18)25-4/h6-13H,5H2,1-4H3,(H,23,24)/b14-10+. The first-order valence-corrected chi connectivity index (χ1v) is 8.80. The molecule has 5 heteroatoms. The summed E-state index contributed by atoms with van der Waals surface area (Å²) in [5, 5.41) is 3.86. The van der Waals surface area contributed by atoms with Crippen molar-refractivity contribution in [1.29, 1.82) is 0 Å². The third kappa shape index (κ3) is 3.97. The maximum absolute atomic E-state index is 12.5. The van der Waals surface area contributed by atoms with Gasteiger partial charge in [0, 0.05) is 23.1 Å². The van der Waals surface area contributed by atoms with Crippen LogP contribution in [-0.2, 0) is 4.79 Å². The number of ether oxygens (including phenoxy) is 2. The smallest absolute Gasteiger partial charge is 0.248 e. The minimum absolute atomic E-state index is 0.233. The maximum atomic E-state index is 12.5. The zero-order valence-electron chi connectivity index (χ0n) is 16.0. The fraction of sp³-hybridized carbons (Fsp3) is 0.227. The van der Waals surface area contributed by atoms with Crippen LogP contribution in [0.4, 0.5) is 5.69 Å². The Bertz CT molecular complexity index is 1000. The molecular formula is C22H23NO4. The number of furan rings is 1. The Morgan fingerprint density at radius 2 is 2.00 bits per heavy atom. The van der Waals surface area contributed by atoms with Crippen LogP contribution in [0.3, 0.4) is 0 Å². The summed E-state index contributed by atoms with van der Waals surface area (Å²) in [5.74, 6) is 1.07. The highest BCUT2D eigenvalue weighted by molar-refractivity contribution is 6.05. The normalized spacial score (nSPS) is 11.5. The van der Waals surface area contributed by atoms with E-state index < -0.39 is 0 Å². The summed E-state index contributed by atoms with van der Waals surface area (Å²) < 4.78 is 16.6. The molecule has 0 aliphatic carbocycles. The first-order chi connectivity index (χ1) is 13.0. The lowest BCUT2D eigenvalue weighted by atomic mass is 10.0. The summed E-state index contributed by atoms with van der Waals surface area (Å²) in [6, 6.07) is 11.2. The molecule has 1 aromatic heterocycles. The average molecular weight is 365 g/mol. The van der Waals surface area contributed by atoms with Gasteiger partial charge in [-0.2, -0.15) is 0 Å². The Hall–Kier alpha value is -3.21. The van der Waals surface area contributed by atoms with Gasteiger partial charge >= 0.3 is 0 Å². The van der Waals surface area contributed by atoms with E-state index in [0.29, 0.717) is 23.8 Å². The number of hydrogen-bond donors (Lipinski definition) is 1. The Morgan fingerprint density at radius 1 is 1.22 bits per heavy atom. The number of methoxy groups -OCH3 is 1. The van der Waals surface area contributed by atoms with E-state index in [1.165, 1.54) is 0 Å². The summed E-state index contributed by atoms with van der Waals surface area (Å²) in [5.41, 5.74) is 4.10. The topological polar surface area (TPSA) is 60.7 Å². The van der Waals surface area contributed by atoms with Crippen molar-refractivity contribution in [3.05, 3.63) is 59.9 Å². The van der Waals surface area contributed by atoms with Gasteiger partial charge in [-0.15, -0.1) is 0 Å². The van der Waals surface area contributed by atoms with E-state index in [9.17, 15) is 4.79 Å². The van der Waals surface area contributed by atoms with E-state index in [1.807, 2.05) is 45.0 Å². The summed E-state index contributed by atoms with van der Waals surface area (Å²) in [6.07, 6.45) is 3.28. The van der Waals surface area contributed by atoms with Crippen molar-refractivity contribution in [2.45, 2.75) is 20.8 Å². The molecule has 0 unspecified atom stereocenters. The lowest BCUT2D eigenvalue weighted by Gasteiger charge is -2.12. The summed E-state index contributed by atoms with van der Waals surface area (Å²) in [6.45, 7) is 6.33. The van der Waals surface area contributed by atoms with Gasteiger partial charge in [-0.25, -0.2) is 0 Å². The van der Waals surface area contributed by atoms with Crippen molar-refractivity contribution >= 4 is 28.1 Å². The number of rotatable bonds is 6. The quantitative estimate of drug-likeness (QED) is 0.611. The van der Waals surface area contributed by atoms with Crippen LogP contribution >= 0.6 is 0 Å². The van der Waals surface area contributed by atoms with Crippen molar-refractivity contribution in [2.75, 3.05) is 19.0 Å². The fourth-order valence-electron chi connectivity index (χ4n) is 2.96. The molecule has 0 atom stereocenters. The molecule has 0 saturated carbocycles. The molecule has 0 spiro atoms. The molecular weight excluding hydrogens is 342 g/mol. The Balaban J connectivity index is 1.93. The molecule has 0 aliphatic rings. The molecule has 2 aromatic carbocycles. The molecule has 0 bridgehead atoms. The lowest BCUT2D eigenvalue weighted by molar-refractivity contribution is -0.111. The number of hydrogen-bond acceptors (Lipinski definition) is 4. The first-order valence-electron chi connectivity index (χ1n) is 8.80. The third-order valence-corrected chi connectivity index (χ3v) is 4.31. The van der Waals surface area contributed by atoms with Gasteiger partial charge in [-0.1, -0.05) is 12.1 Å². The number of allylic oxidation sites excluding steroid dienone is 1. The summed E-state index contributed by atoms with van der Waals surface area (Å²) >= 11 is 0. The van der Waals surface area contributed by atoms with Crippen molar-refractivity contribution in [3.63, 3.8) is 0 Å². The predicted molar refractivity (Wildman–Crippen MR) is 107 cm³/mol. The second kappa shape index (κ2) is 7.99. The van der Waals surface area contributed by atoms with Crippen LogP contribution in [0.15, 0.2) is 53.2 Å². The van der Waals surface area contributed by atoms with Gasteiger partial charge in [0.05, 0.1) is 25.7 Å². The zero-order valence-corrected chi connectivity index (χ0v) is 16.0. The van der Waals surface area contributed by atoms with E-state index in [2.05, 4.69) is 5.32 Å². The summed E-state index contributed by atoms with van der Waals surface area (Å²) in [7, 11) is 1.57. The second-order valence-corrected chi connectivity index (χ2v) is 6.21. The van der Waals surface area contributed by atoms with Gasteiger partial charge in [-0.3, -0.25) is 4.79 Å². The maximum Gasteiger partial charge on any atom is 0.248 e. The number of aryl methyl sites for hydroxylation is 1. The number of fused-ring (bicyclic) bond motifs is 1. The van der Waals surface area contributed by atoms with Crippen molar-refractivity contribution in [3.8, 4) is 11.5 Å². The van der Waals surface area contributed by atoms with Crippen LogP contribution in [-0.4, -0.2) is 19.6 Å². The van der Waals surface area contributed by atoms with Crippen LogP contribution in [0.5, 0.6) is 11.5 Å². The molecule has 1 amide bonds. The van der Waals surface area contributed by atoms with Crippen LogP contribution in [0.25, 0.3) is 16.5 Å². The molecule has 3 rings (SSSR count). The van der Waals surface area contributed by atoms with E-state index in [0.717, 1.165) is 27.7 Å². The lowest BCUT2D eigenvalue weighted by Crippen LogP contribution is -2.09. The van der Waals surface area contributed by atoms with Crippen molar-refractivity contribution < 1.29 is 18.7 Å². The molecule has 1 N–H and O–H groups in total. The SMILES string of the molecule is CCOc1cc2occ(C)c2cc1/C(C)=C/C(=O)Nc1ccccc1OC. The summed E-state index contributed by atoms with van der Waals surface area (Å²) in [4.78, 5) is 12.5. The van der Waals surface area contributed by atoms with E-state index in [4.69, 9.17) is 13.9 Å². The van der Waals surface area contributed by atoms with Crippen LogP contribution in [0, 0.1) is 6.92 Å². The molecule has 0 aliphatic heterocycles. The van der Waals surface area contributed by atoms with E-state index >= 15 is 0 Å². The molecule has 3 aromatic rings. The molecule has 0 saturated heterocycles. The van der Waals surface area contributed by atoms with Gasteiger partial charge in [0.25, 0.3) is 0 Å². The van der Waals surface area contributed by atoms with Gasteiger partial charge in [0.15, 0.2) is 0 Å². The second-order valence-electron chi connectivity index (χ2n) is 6.21. The van der Waals surface area contributed by atoms with Crippen LogP contribution in [0.2, 0.25) is 0 Å². The van der Waals surface area contributed by atoms with Gasteiger partial charge < -0.3 is 19.2 Å². The largest absolute Gasteiger partial charge is 0.495 e.